The number of hydrogen-bond donors (Lipinski definition) is 1. The van der Waals surface area contributed by atoms with Crippen LogP contribution in [0.2, 0.25) is 0 Å². The summed E-state index contributed by atoms with van der Waals surface area (Å²) in [7, 11) is 2.99. The first kappa shape index (κ1) is 18.4. The molecule has 0 radical (unpaired) electrons. The number of nitrogens with one attached hydrogen (secondary N) is 1. The molecule has 2 aromatic carbocycles. The van der Waals surface area contributed by atoms with Crippen LogP contribution in [0.5, 0.6) is 11.5 Å². The number of hydrogen-bond acceptors (Lipinski definition) is 6. The van der Waals surface area contributed by atoms with Gasteiger partial charge >= 0.3 is 0 Å². The van der Waals surface area contributed by atoms with E-state index in [0.29, 0.717) is 49.1 Å². The molecular weight excluding hydrogens is 382 g/mol. The number of anilines is 1. The number of carbonyl (C=O) groups is 1. The minimum Gasteiger partial charge on any atom is -0.497 e. The predicted molar refractivity (Wildman–Crippen MR) is 99.0 cm³/mol. The Bertz CT molecular complexity index is 947. The van der Waals surface area contributed by atoms with E-state index in [4.69, 9.17) is 9.47 Å². The lowest BCUT2D eigenvalue weighted by molar-refractivity contribution is 0.102. The fraction of sp³-hybridized carbons (Fsp3) is 0.176. The van der Waals surface area contributed by atoms with Crippen LogP contribution in [-0.2, 0) is 0 Å². The number of thiazole rings is 1. The zero-order valence-corrected chi connectivity index (χ0v) is 15.4. The van der Waals surface area contributed by atoms with Crippen LogP contribution < -0.4 is 14.8 Å². The lowest BCUT2D eigenvalue weighted by atomic mass is 10.2. The number of nitrogens with zero attached hydrogens (tertiary/aromatic N) is 1. The van der Waals surface area contributed by atoms with E-state index in [-0.39, 0.29) is 5.91 Å². The number of aromatic nitrogens is 1. The molecule has 0 fully saturated rings. The molecule has 0 atom stereocenters. The van der Waals surface area contributed by atoms with Crippen LogP contribution in [-0.4, -0.2) is 30.9 Å². The molecule has 5 nitrogen and oxygen atoms in total. The number of benzene rings is 2. The number of alkyl halides is 2. The van der Waals surface area contributed by atoms with Crippen LogP contribution in [0.1, 0.15) is 10.4 Å². The molecule has 1 N–H and O–H groups in total. The highest BCUT2D eigenvalue weighted by Crippen LogP contribution is 2.33. The van der Waals surface area contributed by atoms with Gasteiger partial charge in [0.1, 0.15) is 11.5 Å². The highest BCUT2D eigenvalue weighted by Gasteiger charge is 2.16. The summed E-state index contributed by atoms with van der Waals surface area (Å²) in [5.41, 5.74) is 0.965. The number of fused-ring (bicyclic) bond motifs is 1. The maximum absolute atomic E-state index is 12.5. The van der Waals surface area contributed by atoms with Crippen molar-refractivity contribution in [2.75, 3.05) is 19.5 Å². The minimum atomic E-state index is -2.48. The first-order valence-corrected chi connectivity index (χ1v) is 9.08. The Morgan fingerprint density at radius 3 is 2.69 bits per heavy atom. The number of amides is 1. The first-order valence-electron chi connectivity index (χ1n) is 7.39. The molecule has 3 rings (SSSR count). The Kier molecular flexibility index (Phi) is 5.58. The standard InChI is InChI=1S/C17H14F2N2O3S2/c1-23-9-3-5-11(13(7-9)24-2)15(22)21-17-20-12-6-4-10(25-16(18)19)8-14(12)26-17/h3-8,16H,1-2H3,(H,20,21,22). The molecule has 3 aromatic rings. The van der Waals surface area contributed by atoms with Crippen molar-refractivity contribution in [3.63, 3.8) is 0 Å². The maximum atomic E-state index is 12.5. The normalized spacial score (nSPS) is 11.0. The van der Waals surface area contributed by atoms with Gasteiger partial charge < -0.3 is 9.47 Å². The fourth-order valence-electron chi connectivity index (χ4n) is 2.29. The quantitative estimate of drug-likeness (QED) is 0.602. The van der Waals surface area contributed by atoms with Gasteiger partial charge in [-0.15, -0.1) is 0 Å². The van der Waals surface area contributed by atoms with E-state index in [0.717, 1.165) is 0 Å². The molecule has 0 unspecified atom stereocenters. The maximum Gasteiger partial charge on any atom is 0.288 e. The number of methoxy groups -OCH3 is 2. The molecule has 0 spiro atoms. The average Bonchev–Trinajstić information content (AvgIpc) is 3.01. The van der Waals surface area contributed by atoms with Gasteiger partial charge in [0.15, 0.2) is 5.13 Å². The van der Waals surface area contributed by atoms with Crippen LogP contribution >= 0.6 is 23.1 Å². The predicted octanol–water partition coefficient (Wildman–Crippen LogP) is 4.88. The third-order valence-electron chi connectivity index (χ3n) is 3.46. The Balaban J connectivity index is 1.83. The zero-order chi connectivity index (χ0) is 18.7. The molecule has 26 heavy (non-hydrogen) atoms. The van der Waals surface area contributed by atoms with Crippen LogP contribution in [0.15, 0.2) is 41.3 Å². The molecular formula is C17H14F2N2O3S2. The SMILES string of the molecule is COc1ccc(C(=O)Nc2nc3ccc(SC(F)F)cc3s2)c(OC)c1. The van der Waals surface area contributed by atoms with Crippen LogP contribution in [0.4, 0.5) is 13.9 Å². The van der Waals surface area contributed by atoms with Crippen LogP contribution in [0.3, 0.4) is 0 Å². The molecule has 0 aliphatic rings. The summed E-state index contributed by atoms with van der Waals surface area (Å²) in [5.74, 6) is -1.92. The minimum absolute atomic E-state index is 0.335. The van der Waals surface area contributed by atoms with E-state index in [2.05, 4.69) is 10.3 Å². The van der Waals surface area contributed by atoms with Crippen molar-refractivity contribution in [2.24, 2.45) is 0 Å². The number of ether oxygens (including phenoxy) is 2. The summed E-state index contributed by atoms with van der Waals surface area (Å²) in [4.78, 5) is 17.3. The molecule has 1 heterocycles. The second kappa shape index (κ2) is 7.88. The highest BCUT2D eigenvalue weighted by molar-refractivity contribution is 7.99. The van der Waals surface area contributed by atoms with Gasteiger partial charge in [-0.2, -0.15) is 8.78 Å². The summed E-state index contributed by atoms with van der Waals surface area (Å²) in [5, 5.41) is 3.09. The lowest BCUT2D eigenvalue weighted by Gasteiger charge is -2.09. The molecule has 0 saturated heterocycles. The van der Waals surface area contributed by atoms with Crippen molar-refractivity contribution in [3.8, 4) is 11.5 Å². The summed E-state index contributed by atoms with van der Waals surface area (Å²) >= 11 is 1.69. The second-order valence-corrected chi connectivity index (χ2v) is 7.14. The summed E-state index contributed by atoms with van der Waals surface area (Å²) < 4.78 is 36.0. The van der Waals surface area contributed by atoms with Crippen molar-refractivity contribution in [1.82, 2.24) is 4.98 Å². The van der Waals surface area contributed by atoms with Crippen molar-refractivity contribution < 1.29 is 23.0 Å². The molecule has 0 aliphatic carbocycles. The number of thioether (sulfide) groups is 1. The van der Waals surface area contributed by atoms with Crippen molar-refractivity contribution in [2.45, 2.75) is 10.7 Å². The summed E-state index contributed by atoms with van der Waals surface area (Å²) in [6, 6.07) is 9.73. The second-order valence-electron chi connectivity index (χ2n) is 5.05. The number of halogens is 2. The molecule has 1 aromatic heterocycles. The molecule has 0 aliphatic heterocycles. The van der Waals surface area contributed by atoms with E-state index in [1.54, 1.807) is 36.4 Å². The lowest BCUT2D eigenvalue weighted by Crippen LogP contribution is -2.13. The van der Waals surface area contributed by atoms with Gasteiger partial charge in [0.05, 0.1) is 30.0 Å². The first-order chi connectivity index (χ1) is 12.5. The van der Waals surface area contributed by atoms with Gasteiger partial charge in [-0.3, -0.25) is 10.1 Å². The van der Waals surface area contributed by atoms with E-state index < -0.39 is 5.76 Å². The molecule has 9 heteroatoms. The van der Waals surface area contributed by atoms with E-state index in [1.807, 2.05) is 0 Å². The van der Waals surface area contributed by atoms with Crippen LogP contribution in [0.25, 0.3) is 10.2 Å². The third-order valence-corrected chi connectivity index (χ3v) is 5.10. The van der Waals surface area contributed by atoms with Gasteiger partial charge in [-0.1, -0.05) is 23.1 Å². The van der Waals surface area contributed by atoms with Gasteiger partial charge in [0.2, 0.25) is 0 Å². The van der Waals surface area contributed by atoms with Crippen molar-refractivity contribution in [1.29, 1.82) is 0 Å². The smallest absolute Gasteiger partial charge is 0.288 e. The topological polar surface area (TPSA) is 60.5 Å². The number of carbonyl (C=O) groups excluding carboxylic acids is 1. The van der Waals surface area contributed by atoms with Crippen molar-refractivity contribution in [3.05, 3.63) is 42.0 Å². The van der Waals surface area contributed by atoms with Gasteiger partial charge in [0.25, 0.3) is 11.7 Å². The number of rotatable bonds is 6. The largest absolute Gasteiger partial charge is 0.497 e. The summed E-state index contributed by atoms with van der Waals surface area (Å²) in [6.45, 7) is 0. The average molecular weight is 396 g/mol. The zero-order valence-electron chi connectivity index (χ0n) is 13.8. The molecule has 136 valence electrons. The summed E-state index contributed by atoms with van der Waals surface area (Å²) in [6.07, 6.45) is 0. The Hall–Kier alpha value is -2.39. The van der Waals surface area contributed by atoms with E-state index in [1.165, 1.54) is 25.6 Å². The molecule has 0 bridgehead atoms. The Morgan fingerprint density at radius 1 is 1.19 bits per heavy atom. The van der Waals surface area contributed by atoms with Gasteiger partial charge in [0, 0.05) is 11.0 Å². The fourth-order valence-corrected chi connectivity index (χ4v) is 3.80. The van der Waals surface area contributed by atoms with E-state index >= 15 is 0 Å². The highest BCUT2D eigenvalue weighted by atomic mass is 32.2. The Morgan fingerprint density at radius 2 is 2.00 bits per heavy atom. The van der Waals surface area contributed by atoms with Crippen LogP contribution in [0, 0.1) is 0 Å². The Labute approximate surface area is 156 Å². The molecule has 1 amide bonds. The van der Waals surface area contributed by atoms with Gasteiger partial charge in [-0.25, -0.2) is 4.98 Å². The van der Waals surface area contributed by atoms with Gasteiger partial charge in [-0.05, 0) is 30.3 Å². The molecule has 0 saturated carbocycles. The van der Waals surface area contributed by atoms with E-state index in [9.17, 15) is 13.6 Å². The monoisotopic (exact) mass is 396 g/mol. The third kappa shape index (κ3) is 4.05. The van der Waals surface area contributed by atoms with Crippen molar-refractivity contribution >= 4 is 44.4 Å².